The van der Waals surface area contributed by atoms with E-state index in [1.165, 1.54) is 12.1 Å². The minimum absolute atomic E-state index is 0.178. The molecule has 0 aliphatic heterocycles. The highest BCUT2D eigenvalue weighted by atomic mass is 127. The first-order chi connectivity index (χ1) is 11.0. The standard InChI is InChI=1S/C11H6BrF6IO5S/c12-7-2-1-5(19)3-6(7)8(20)24-9(10(13,14)15,11(16,17)18)4-25(21,22)23/h1-3H,4H2,(H,21,22,23). The van der Waals surface area contributed by atoms with Gasteiger partial charge in [-0.1, -0.05) is 0 Å². The van der Waals surface area contributed by atoms with Crippen molar-refractivity contribution in [1.29, 1.82) is 0 Å². The van der Waals surface area contributed by atoms with Crippen LogP contribution >= 0.6 is 38.5 Å². The molecule has 0 spiro atoms. The molecule has 5 nitrogen and oxygen atoms in total. The molecule has 0 fully saturated rings. The Balaban J connectivity index is 3.53. The van der Waals surface area contributed by atoms with Crippen LogP contribution in [0, 0.1) is 3.57 Å². The molecule has 0 aliphatic rings. The van der Waals surface area contributed by atoms with Gasteiger partial charge in [0.1, 0.15) is 5.75 Å². The molecule has 1 rings (SSSR count). The number of carbonyl (C=O) groups excluding carboxylic acids is 1. The zero-order valence-electron chi connectivity index (χ0n) is 11.5. The number of rotatable bonds is 4. The second-order valence-electron chi connectivity index (χ2n) is 4.56. The van der Waals surface area contributed by atoms with Gasteiger partial charge in [0.2, 0.25) is 0 Å². The highest BCUT2D eigenvalue weighted by Crippen LogP contribution is 2.47. The van der Waals surface area contributed by atoms with Crippen LogP contribution in [-0.4, -0.2) is 42.6 Å². The van der Waals surface area contributed by atoms with Crippen LogP contribution in [0.4, 0.5) is 26.3 Å². The van der Waals surface area contributed by atoms with Gasteiger partial charge in [-0.3, -0.25) is 4.55 Å². The van der Waals surface area contributed by atoms with Gasteiger partial charge in [0.15, 0.2) is 0 Å². The average Bonchev–Trinajstić information content (AvgIpc) is 2.36. The number of ether oxygens (including phenoxy) is 1. The highest BCUT2D eigenvalue weighted by Gasteiger charge is 2.76. The van der Waals surface area contributed by atoms with Crippen LogP contribution in [0.1, 0.15) is 10.4 Å². The summed E-state index contributed by atoms with van der Waals surface area (Å²) >= 11 is 4.40. The van der Waals surface area contributed by atoms with Gasteiger partial charge >= 0.3 is 23.9 Å². The molecule has 14 heteroatoms. The van der Waals surface area contributed by atoms with Crippen LogP contribution in [0.25, 0.3) is 0 Å². The van der Waals surface area contributed by atoms with Crippen molar-refractivity contribution >= 4 is 54.6 Å². The molecule has 0 radical (unpaired) electrons. The number of hydrogen-bond donors (Lipinski definition) is 1. The number of halogens is 8. The van der Waals surface area contributed by atoms with Crippen molar-refractivity contribution in [1.82, 2.24) is 0 Å². The van der Waals surface area contributed by atoms with Crippen LogP contribution in [0.2, 0.25) is 0 Å². The quantitative estimate of drug-likeness (QED) is 0.257. The molecular formula is C11H6BrF6IO5S. The molecule has 0 atom stereocenters. The van der Waals surface area contributed by atoms with Crippen LogP contribution in [0.15, 0.2) is 22.7 Å². The Bertz CT molecular complexity index is 762. The summed E-state index contributed by atoms with van der Waals surface area (Å²) in [4.78, 5) is 11.9. The molecule has 1 aromatic rings. The molecule has 0 amide bonds. The SMILES string of the molecule is O=C(OC(CS(=O)(=O)O)(C(F)(F)F)C(F)(F)F)c1cc(I)ccc1Br. The topological polar surface area (TPSA) is 80.7 Å². The van der Waals surface area contributed by atoms with E-state index in [0.29, 0.717) is 0 Å². The maximum absolute atomic E-state index is 13.1. The maximum atomic E-state index is 13.1. The zero-order chi connectivity index (χ0) is 19.8. The lowest BCUT2D eigenvalue weighted by Gasteiger charge is -2.35. The van der Waals surface area contributed by atoms with Crippen molar-refractivity contribution in [2.24, 2.45) is 0 Å². The summed E-state index contributed by atoms with van der Waals surface area (Å²) in [7, 11) is -5.82. The van der Waals surface area contributed by atoms with Crippen LogP contribution in [0.5, 0.6) is 0 Å². The lowest BCUT2D eigenvalue weighted by Crippen LogP contribution is -2.63. The summed E-state index contributed by atoms with van der Waals surface area (Å²) < 4.78 is 112. The summed E-state index contributed by atoms with van der Waals surface area (Å²) in [5.41, 5.74) is -6.13. The largest absolute Gasteiger partial charge is 0.438 e. The van der Waals surface area contributed by atoms with Crippen LogP contribution in [0.3, 0.4) is 0 Å². The van der Waals surface area contributed by atoms with Gasteiger partial charge in [-0.25, -0.2) is 4.79 Å². The van der Waals surface area contributed by atoms with Crippen LogP contribution in [-0.2, 0) is 14.9 Å². The van der Waals surface area contributed by atoms with E-state index in [-0.39, 0.29) is 8.04 Å². The Morgan fingerprint density at radius 3 is 2.04 bits per heavy atom. The first kappa shape index (κ1) is 22.4. The van der Waals surface area contributed by atoms with Crippen LogP contribution < -0.4 is 0 Å². The fourth-order valence-corrected chi connectivity index (χ4v) is 3.39. The third kappa shape index (κ3) is 5.19. The first-order valence-corrected chi connectivity index (χ1v) is 9.25. The molecule has 0 aromatic heterocycles. The van der Waals surface area contributed by atoms with E-state index in [1.54, 1.807) is 22.6 Å². The Kier molecular flexibility index (Phi) is 6.45. The van der Waals surface area contributed by atoms with E-state index in [9.17, 15) is 39.6 Å². The number of esters is 1. The Morgan fingerprint density at radius 2 is 1.64 bits per heavy atom. The lowest BCUT2D eigenvalue weighted by molar-refractivity contribution is -0.356. The molecule has 0 aliphatic carbocycles. The van der Waals surface area contributed by atoms with E-state index in [1.807, 2.05) is 0 Å². The number of hydrogen-bond acceptors (Lipinski definition) is 4. The maximum Gasteiger partial charge on any atom is 0.438 e. The fourth-order valence-electron chi connectivity index (χ4n) is 1.59. The minimum Gasteiger partial charge on any atom is -0.435 e. The van der Waals surface area contributed by atoms with E-state index in [2.05, 4.69) is 20.7 Å². The van der Waals surface area contributed by atoms with Gasteiger partial charge in [0.25, 0.3) is 10.1 Å². The number of carbonyl (C=O) groups is 1. The fraction of sp³-hybridized carbons (Fsp3) is 0.364. The third-order valence-corrected chi connectivity index (χ3v) is 4.85. The lowest BCUT2D eigenvalue weighted by atomic mass is 10.1. The molecule has 0 unspecified atom stereocenters. The van der Waals surface area contributed by atoms with Crippen molar-refractivity contribution in [2.75, 3.05) is 5.75 Å². The average molecular weight is 571 g/mol. The first-order valence-electron chi connectivity index (χ1n) is 5.77. The molecular weight excluding hydrogens is 565 g/mol. The molecule has 1 aromatic carbocycles. The minimum atomic E-state index is -6.37. The van der Waals surface area contributed by atoms with Gasteiger partial charge in [0.05, 0.1) is 5.56 Å². The molecule has 25 heavy (non-hydrogen) atoms. The van der Waals surface area contributed by atoms with Gasteiger partial charge in [-0.2, -0.15) is 34.8 Å². The van der Waals surface area contributed by atoms with E-state index >= 15 is 0 Å². The summed E-state index contributed by atoms with van der Waals surface area (Å²) in [5, 5.41) is 0. The van der Waals surface area contributed by atoms with Crippen molar-refractivity contribution in [2.45, 2.75) is 18.0 Å². The Hall–Kier alpha value is -0.610. The molecule has 0 saturated heterocycles. The van der Waals surface area contributed by atoms with E-state index in [4.69, 9.17) is 4.55 Å². The summed E-state index contributed by atoms with van der Waals surface area (Å²) in [6, 6.07) is 3.49. The summed E-state index contributed by atoms with van der Waals surface area (Å²) in [6.07, 6.45) is -12.7. The monoisotopic (exact) mass is 570 g/mol. The third-order valence-electron chi connectivity index (χ3n) is 2.72. The van der Waals surface area contributed by atoms with Gasteiger partial charge in [0, 0.05) is 8.04 Å². The summed E-state index contributed by atoms with van der Waals surface area (Å²) in [5.74, 6) is -5.01. The smallest absolute Gasteiger partial charge is 0.435 e. The molecule has 1 N–H and O–H groups in total. The molecule has 0 bridgehead atoms. The molecule has 0 heterocycles. The normalized spacial score (nSPS) is 13.6. The van der Waals surface area contributed by atoms with E-state index in [0.717, 1.165) is 6.07 Å². The number of alkyl halides is 6. The summed E-state index contributed by atoms with van der Waals surface area (Å²) in [6.45, 7) is 0. The zero-order valence-corrected chi connectivity index (χ0v) is 16.0. The van der Waals surface area contributed by atoms with Crippen molar-refractivity contribution in [3.63, 3.8) is 0 Å². The van der Waals surface area contributed by atoms with Gasteiger partial charge < -0.3 is 4.74 Å². The van der Waals surface area contributed by atoms with Crippen molar-refractivity contribution < 1.29 is 48.8 Å². The predicted molar refractivity (Wildman–Crippen MR) is 83.5 cm³/mol. The molecule has 0 saturated carbocycles. The van der Waals surface area contributed by atoms with Gasteiger partial charge in [-0.05, 0) is 56.7 Å². The predicted octanol–water partition coefficient (Wildman–Crippen LogP) is 3.96. The number of benzene rings is 1. The highest BCUT2D eigenvalue weighted by molar-refractivity contribution is 14.1. The van der Waals surface area contributed by atoms with Crippen molar-refractivity contribution in [3.8, 4) is 0 Å². The second kappa shape index (κ2) is 7.19. The van der Waals surface area contributed by atoms with Gasteiger partial charge in [-0.15, -0.1) is 0 Å². The molecule has 142 valence electrons. The van der Waals surface area contributed by atoms with Crippen molar-refractivity contribution in [3.05, 3.63) is 31.8 Å². The Morgan fingerprint density at radius 1 is 1.16 bits per heavy atom. The Labute approximate surface area is 158 Å². The second-order valence-corrected chi connectivity index (χ2v) is 8.11. The van der Waals surface area contributed by atoms with E-state index < -0.39 is 45.4 Å².